The average molecular weight is 316 g/mol. The lowest BCUT2D eigenvalue weighted by Gasteiger charge is -2.08. The molecule has 0 aliphatic rings. The summed E-state index contributed by atoms with van der Waals surface area (Å²) >= 11 is 5.78. The molecule has 0 saturated carbocycles. The molecule has 0 radical (unpaired) electrons. The molecule has 0 aliphatic heterocycles. The van der Waals surface area contributed by atoms with Crippen molar-refractivity contribution in [2.45, 2.75) is 11.8 Å². The van der Waals surface area contributed by atoms with Gasteiger partial charge in [0.1, 0.15) is 5.69 Å². The van der Waals surface area contributed by atoms with Gasteiger partial charge in [0, 0.05) is 11.1 Å². The van der Waals surface area contributed by atoms with Gasteiger partial charge in [0.25, 0.3) is 10.0 Å². The van der Waals surface area contributed by atoms with Crippen molar-refractivity contribution in [2.24, 2.45) is 0 Å². The van der Waals surface area contributed by atoms with E-state index in [1.807, 2.05) is 0 Å². The van der Waals surface area contributed by atoms with E-state index >= 15 is 0 Å². The Morgan fingerprint density at radius 2 is 2.10 bits per heavy atom. The molecule has 7 nitrogen and oxygen atoms in total. The summed E-state index contributed by atoms with van der Waals surface area (Å²) in [6.07, 6.45) is 0. The highest BCUT2D eigenvalue weighted by atomic mass is 35.5. The Bertz CT molecular complexity index is 770. The van der Waals surface area contributed by atoms with Crippen LogP contribution in [0.15, 0.2) is 29.2 Å². The van der Waals surface area contributed by atoms with Gasteiger partial charge in [-0.2, -0.15) is 5.10 Å². The lowest BCUT2D eigenvalue weighted by atomic mass is 10.2. The summed E-state index contributed by atoms with van der Waals surface area (Å²) in [6.45, 7) is 1.62. The molecular weight excluding hydrogens is 306 g/mol. The number of carbonyl (C=O) groups is 1. The van der Waals surface area contributed by atoms with Crippen molar-refractivity contribution in [2.75, 3.05) is 4.72 Å². The highest BCUT2D eigenvalue weighted by molar-refractivity contribution is 7.92. The maximum absolute atomic E-state index is 12.2. The molecular formula is C11H10ClN3O4S. The molecule has 0 unspecified atom stereocenters. The Morgan fingerprint density at radius 1 is 1.40 bits per heavy atom. The Morgan fingerprint density at radius 3 is 2.70 bits per heavy atom. The molecule has 2 rings (SSSR count). The standard InChI is InChI=1S/C11H10ClN3O4S/c1-6-2-3-7(12)4-9(6)20(18,19)15-10-5-8(11(16)17)13-14-10/h2-5H,1H3,(H,16,17)(H2,13,14,15). The molecule has 0 bridgehead atoms. The van der Waals surface area contributed by atoms with E-state index in [1.165, 1.54) is 6.07 Å². The van der Waals surface area contributed by atoms with Gasteiger partial charge in [-0.25, -0.2) is 13.2 Å². The number of benzene rings is 1. The second-order valence-corrected chi connectivity index (χ2v) is 6.07. The smallest absolute Gasteiger partial charge is 0.353 e. The van der Waals surface area contributed by atoms with E-state index in [0.29, 0.717) is 5.56 Å². The first-order chi connectivity index (χ1) is 9.29. The fourth-order valence-corrected chi connectivity index (χ4v) is 3.04. The number of nitrogens with zero attached hydrogens (tertiary/aromatic N) is 1. The van der Waals surface area contributed by atoms with Crippen LogP contribution in [-0.2, 0) is 10.0 Å². The van der Waals surface area contributed by atoms with E-state index in [2.05, 4.69) is 14.9 Å². The minimum absolute atomic E-state index is 0.00451. The summed E-state index contributed by atoms with van der Waals surface area (Å²) in [5.41, 5.74) is 0.293. The number of anilines is 1. The first-order valence-corrected chi connectivity index (χ1v) is 7.23. The van der Waals surface area contributed by atoms with Gasteiger partial charge in [-0.3, -0.25) is 9.82 Å². The van der Waals surface area contributed by atoms with Gasteiger partial charge in [-0.05, 0) is 24.6 Å². The second kappa shape index (κ2) is 5.14. The third kappa shape index (κ3) is 2.91. The van der Waals surface area contributed by atoms with Gasteiger partial charge in [0.2, 0.25) is 0 Å². The molecule has 0 aliphatic carbocycles. The fourth-order valence-electron chi connectivity index (χ4n) is 1.54. The van der Waals surface area contributed by atoms with Gasteiger partial charge in [0.05, 0.1) is 4.90 Å². The number of aryl methyl sites for hydroxylation is 1. The number of halogens is 1. The average Bonchev–Trinajstić information content (AvgIpc) is 2.80. The Kier molecular flexibility index (Phi) is 3.69. The van der Waals surface area contributed by atoms with E-state index in [1.54, 1.807) is 19.1 Å². The van der Waals surface area contributed by atoms with Crippen LogP contribution in [0.25, 0.3) is 0 Å². The van der Waals surface area contributed by atoms with Crippen molar-refractivity contribution in [3.63, 3.8) is 0 Å². The lowest BCUT2D eigenvalue weighted by Crippen LogP contribution is -2.14. The molecule has 1 aromatic carbocycles. The summed E-state index contributed by atoms with van der Waals surface area (Å²) in [6, 6.07) is 5.54. The van der Waals surface area contributed by atoms with Gasteiger partial charge in [-0.15, -0.1) is 0 Å². The second-order valence-electron chi connectivity index (χ2n) is 3.99. The van der Waals surface area contributed by atoms with Gasteiger partial charge >= 0.3 is 5.97 Å². The Balaban J connectivity index is 2.35. The van der Waals surface area contributed by atoms with Crippen molar-refractivity contribution in [3.8, 4) is 0 Å². The largest absolute Gasteiger partial charge is 0.477 e. The fraction of sp³-hybridized carbons (Fsp3) is 0.0909. The molecule has 9 heteroatoms. The van der Waals surface area contributed by atoms with E-state index in [4.69, 9.17) is 16.7 Å². The highest BCUT2D eigenvalue weighted by Crippen LogP contribution is 2.22. The lowest BCUT2D eigenvalue weighted by molar-refractivity contribution is 0.0690. The number of rotatable bonds is 4. The van der Waals surface area contributed by atoms with Crippen LogP contribution in [0.1, 0.15) is 16.1 Å². The zero-order chi connectivity index (χ0) is 14.9. The quantitative estimate of drug-likeness (QED) is 0.797. The normalized spacial score (nSPS) is 11.3. The molecule has 20 heavy (non-hydrogen) atoms. The maximum atomic E-state index is 12.2. The molecule has 106 valence electrons. The van der Waals surface area contributed by atoms with E-state index < -0.39 is 16.0 Å². The summed E-state index contributed by atoms with van der Waals surface area (Å²) in [7, 11) is -3.89. The van der Waals surface area contributed by atoms with E-state index in [0.717, 1.165) is 6.07 Å². The number of aromatic carboxylic acids is 1. The molecule has 2 aromatic rings. The molecule has 3 N–H and O–H groups in total. The van der Waals surface area contributed by atoms with Crippen molar-refractivity contribution < 1.29 is 18.3 Å². The molecule has 0 spiro atoms. The monoisotopic (exact) mass is 315 g/mol. The molecule has 0 saturated heterocycles. The molecule has 0 fully saturated rings. The van der Waals surface area contributed by atoms with Gasteiger partial charge in [-0.1, -0.05) is 17.7 Å². The van der Waals surface area contributed by atoms with Crippen LogP contribution < -0.4 is 4.72 Å². The SMILES string of the molecule is Cc1ccc(Cl)cc1S(=O)(=O)Nc1cc(C(=O)O)[nH]n1. The molecule has 1 heterocycles. The highest BCUT2D eigenvalue weighted by Gasteiger charge is 2.19. The predicted octanol–water partition coefficient (Wildman–Crippen LogP) is 1.87. The Labute approximate surface area is 119 Å². The number of aromatic nitrogens is 2. The van der Waals surface area contributed by atoms with Crippen LogP contribution in [0, 0.1) is 6.92 Å². The van der Waals surface area contributed by atoms with Crippen LogP contribution >= 0.6 is 11.6 Å². The van der Waals surface area contributed by atoms with Crippen LogP contribution in [0.3, 0.4) is 0 Å². The van der Waals surface area contributed by atoms with Crippen molar-refractivity contribution in [3.05, 3.63) is 40.5 Å². The van der Waals surface area contributed by atoms with Crippen molar-refractivity contribution >= 4 is 33.4 Å². The summed E-state index contributed by atoms with van der Waals surface area (Å²) in [4.78, 5) is 10.7. The molecule has 0 amide bonds. The summed E-state index contributed by atoms with van der Waals surface area (Å²) in [5.74, 6) is -1.34. The topological polar surface area (TPSA) is 112 Å². The molecule has 0 atom stereocenters. The number of H-pyrrole nitrogens is 1. The van der Waals surface area contributed by atoms with Gasteiger partial charge in [0.15, 0.2) is 5.82 Å². The maximum Gasteiger partial charge on any atom is 0.353 e. The van der Waals surface area contributed by atoms with Crippen LogP contribution in [0.4, 0.5) is 5.82 Å². The first kappa shape index (κ1) is 14.4. The van der Waals surface area contributed by atoms with Crippen LogP contribution in [-0.4, -0.2) is 29.7 Å². The number of aromatic amines is 1. The predicted molar refractivity (Wildman–Crippen MR) is 72.5 cm³/mol. The third-order valence-corrected chi connectivity index (χ3v) is 4.22. The number of carboxylic acids is 1. The first-order valence-electron chi connectivity index (χ1n) is 5.37. The van der Waals surface area contributed by atoms with Gasteiger partial charge < -0.3 is 5.11 Å². The van der Waals surface area contributed by atoms with Crippen LogP contribution in [0.2, 0.25) is 5.02 Å². The number of nitrogens with one attached hydrogen (secondary N) is 2. The van der Waals surface area contributed by atoms with Crippen molar-refractivity contribution in [1.29, 1.82) is 0 Å². The van der Waals surface area contributed by atoms with E-state index in [-0.39, 0.29) is 21.4 Å². The van der Waals surface area contributed by atoms with E-state index in [9.17, 15) is 13.2 Å². The van der Waals surface area contributed by atoms with Crippen molar-refractivity contribution in [1.82, 2.24) is 10.2 Å². The third-order valence-electron chi connectivity index (χ3n) is 2.49. The number of sulfonamides is 1. The molecule has 1 aromatic heterocycles. The van der Waals surface area contributed by atoms with Crippen LogP contribution in [0.5, 0.6) is 0 Å². The summed E-state index contributed by atoms with van der Waals surface area (Å²) < 4.78 is 26.6. The summed E-state index contributed by atoms with van der Waals surface area (Å²) in [5, 5.41) is 14.8. The number of hydrogen-bond acceptors (Lipinski definition) is 4. The Hall–Kier alpha value is -2.06. The zero-order valence-electron chi connectivity index (χ0n) is 10.2. The minimum atomic E-state index is -3.89. The minimum Gasteiger partial charge on any atom is -0.477 e. The zero-order valence-corrected chi connectivity index (χ0v) is 11.8. The number of carboxylic acid groups (broad SMARTS) is 1. The number of hydrogen-bond donors (Lipinski definition) is 3.